The molecule has 10 N–H and O–H groups in total. The third kappa shape index (κ3) is 32.8. The topological polar surface area (TPSA) is 433 Å². The zero-order chi connectivity index (χ0) is 102. The Kier molecular flexibility index (Phi) is 42.4. The number of aryl methyl sites for hydroxylation is 3. The fraction of sp³-hybridized carbons (Fsp3) is 0.532. The smallest absolute Gasteiger partial charge is 0.320 e. The summed E-state index contributed by atoms with van der Waals surface area (Å²) >= 11 is 0. The quantitative estimate of drug-likeness (QED) is 0.0136. The molecule has 147 heavy (non-hydrogen) atoms. The summed E-state index contributed by atoms with van der Waals surface area (Å²) in [6, 6.07) is 23.7. The SMILES string of the molecule is C.C.C=C1Cc2c(N)nc(OCC3CCCO3)nc2N(Cc2ccc(C)nc2)C1.C=C1Cc2c(N)nc(OCCCC)nc2N(CCC2CCN(CC3CC3)CC2)C1.C=C1Cc2c(N)nc(OCCCC)nc2N(CCCN(Cc2ccccc2)C(=O)CN2CCN(C)CC2)C1.C=C1Cc2c(N)nc(OCCCC)nc2N(Cc2ccc(C)nc2)C1.CCCCOc1nc(N)c2c(n1)N(Cc1ccc(C)nc1)C(=O)C(=O)C2. The van der Waals surface area contributed by atoms with Crippen LogP contribution in [0.5, 0.6) is 30.1 Å². The van der Waals surface area contributed by atoms with Crippen molar-refractivity contribution in [1.82, 2.24) is 84.4 Å². The number of pyridine rings is 3. The van der Waals surface area contributed by atoms with E-state index < -0.39 is 11.7 Å². The fourth-order valence-corrected chi connectivity index (χ4v) is 18.5. The summed E-state index contributed by atoms with van der Waals surface area (Å²) in [5.74, 6) is 6.71. The maximum Gasteiger partial charge on any atom is 0.320 e. The summed E-state index contributed by atoms with van der Waals surface area (Å²) < 4.78 is 34.1. The van der Waals surface area contributed by atoms with Crippen molar-refractivity contribution in [3.63, 3.8) is 0 Å². The lowest BCUT2D eigenvalue weighted by Gasteiger charge is -2.35. The number of amides is 2. The van der Waals surface area contributed by atoms with Crippen molar-refractivity contribution in [3.8, 4) is 30.1 Å². The number of benzene rings is 1. The molecule has 3 saturated heterocycles. The first-order valence-electron chi connectivity index (χ1n) is 52.0. The second-order valence-corrected chi connectivity index (χ2v) is 39.6. The Morgan fingerprint density at radius 3 is 1.24 bits per heavy atom. The molecule has 8 aliphatic heterocycles. The molecule has 792 valence electrons. The van der Waals surface area contributed by atoms with Gasteiger partial charge in [0.2, 0.25) is 11.7 Å². The summed E-state index contributed by atoms with van der Waals surface area (Å²) in [5, 5.41) is 0. The van der Waals surface area contributed by atoms with Gasteiger partial charge in [0.1, 0.15) is 64.8 Å². The van der Waals surface area contributed by atoms with Gasteiger partial charge in [-0.15, -0.1) is 0 Å². The van der Waals surface area contributed by atoms with Crippen molar-refractivity contribution in [2.45, 2.75) is 230 Å². The molecule has 1 saturated carbocycles. The molecule has 1 aliphatic carbocycles. The van der Waals surface area contributed by atoms with Crippen molar-refractivity contribution >= 4 is 75.8 Å². The molecule has 1 atom stereocenters. The molecular weight excluding hydrogens is 1860 g/mol. The Labute approximate surface area is 869 Å². The number of ketones is 1. The van der Waals surface area contributed by atoms with Gasteiger partial charge in [-0.3, -0.25) is 39.1 Å². The number of piperazine rings is 1. The number of carbonyl (C=O) groups excluding carboxylic acids is 3. The molecular formula is C111H159N27O9. The minimum Gasteiger partial charge on any atom is -0.463 e. The van der Waals surface area contributed by atoms with Crippen LogP contribution < -0.4 is 76.9 Å². The molecule has 9 aliphatic rings. The first kappa shape index (κ1) is 112. The third-order valence-corrected chi connectivity index (χ3v) is 27.1. The van der Waals surface area contributed by atoms with Crippen LogP contribution in [-0.2, 0) is 77.4 Å². The maximum atomic E-state index is 13.4. The number of carbonyl (C=O) groups is 3. The number of hydrogen-bond acceptors (Lipinski definition) is 34. The number of aromatic nitrogens is 13. The summed E-state index contributed by atoms with van der Waals surface area (Å²) in [7, 11) is 2.13. The highest BCUT2D eigenvalue weighted by molar-refractivity contribution is 6.43. The average molecular weight is 2020 g/mol. The van der Waals surface area contributed by atoms with Crippen LogP contribution in [-0.4, -0.2) is 253 Å². The van der Waals surface area contributed by atoms with Gasteiger partial charge < -0.3 is 91.4 Å². The predicted octanol–water partition coefficient (Wildman–Crippen LogP) is 14.9. The number of ether oxygens (including phenoxy) is 6. The lowest BCUT2D eigenvalue weighted by atomic mass is 9.92. The lowest BCUT2D eigenvalue weighted by molar-refractivity contribution is -0.136. The van der Waals surface area contributed by atoms with Crippen molar-refractivity contribution < 1.29 is 42.8 Å². The highest BCUT2D eigenvalue weighted by Crippen LogP contribution is 2.40. The van der Waals surface area contributed by atoms with Crippen LogP contribution in [0.2, 0.25) is 0 Å². The van der Waals surface area contributed by atoms with E-state index in [1.807, 2.05) is 87.5 Å². The summed E-state index contributed by atoms with van der Waals surface area (Å²) in [6.45, 7) is 50.4. The number of nitrogen functional groups attached to an aromatic ring is 5. The van der Waals surface area contributed by atoms with E-state index >= 15 is 0 Å². The lowest BCUT2D eigenvalue weighted by Crippen LogP contribution is -2.49. The molecule has 16 heterocycles. The molecule has 0 spiro atoms. The van der Waals surface area contributed by atoms with E-state index in [2.05, 4.69) is 168 Å². The van der Waals surface area contributed by atoms with Crippen molar-refractivity contribution in [1.29, 1.82) is 0 Å². The van der Waals surface area contributed by atoms with Crippen LogP contribution in [0.1, 0.15) is 212 Å². The van der Waals surface area contributed by atoms with Gasteiger partial charge in [0.15, 0.2) is 0 Å². The van der Waals surface area contributed by atoms with Crippen molar-refractivity contribution in [2.75, 3.05) is 198 Å². The number of nitrogens with two attached hydrogens (primary N) is 5. The van der Waals surface area contributed by atoms with Gasteiger partial charge in [-0.05, 0) is 170 Å². The number of hydrogen-bond donors (Lipinski definition) is 5. The van der Waals surface area contributed by atoms with Gasteiger partial charge in [-0.25, -0.2) is 0 Å². The van der Waals surface area contributed by atoms with Crippen LogP contribution in [0.15, 0.2) is 134 Å². The van der Waals surface area contributed by atoms with Gasteiger partial charge in [-0.2, -0.15) is 49.8 Å². The summed E-state index contributed by atoms with van der Waals surface area (Å²) in [5.41, 5.74) is 46.7. The van der Waals surface area contributed by atoms with Crippen LogP contribution in [0.4, 0.5) is 58.2 Å². The number of Topliss-reactive ketones (excluding diaryl/α,β-unsaturated/α-hetero) is 1. The molecule has 0 bridgehead atoms. The molecule has 2 amide bonds. The number of anilines is 10. The van der Waals surface area contributed by atoms with Crippen LogP contribution >= 0.6 is 0 Å². The first-order chi connectivity index (χ1) is 70.2. The highest BCUT2D eigenvalue weighted by atomic mass is 16.5. The zero-order valence-electron chi connectivity index (χ0n) is 86.6. The second-order valence-electron chi connectivity index (χ2n) is 39.6. The number of nitrogens with zero attached hydrogens (tertiary/aromatic N) is 22. The average Bonchev–Trinajstić information content (AvgIpc) is 1.22. The largest absolute Gasteiger partial charge is 0.463 e. The fourth-order valence-electron chi connectivity index (χ4n) is 18.5. The molecule has 18 rings (SSSR count). The van der Waals surface area contributed by atoms with Gasteiger partial charge in [0.05, 0.1) is 45.6 Å². The standard InChI is InChI=1S/C29H43N7O2.C23H37N5O.C20H25N5O2.C19H25N5O.C18H21N5O3.2CH4/c1-4-5-18-38-29-31-27(30)25-19-23(2)20-36(28(25)32-29)13-9-12-35(21-24-10-7-6-8-11-24)26(37)22-34-16-14-33(3)15-17-34;1-3-4-13-29-23-25-21(24)20-14-17(2)15-28(22(20)26-23)12-9-18-7-10-27(11-8-18)16-19-5-6-19;1-13-8-17-18(21)23-20(27-12-16-4-3-7-26-16)24-19(17)25(10-13)11-15-6-5-14(2)22-9-15;1-4-5-8-25-19-22-17(20)16-9-13(2)11-24(18(16)23-19)12-15-7-6-14(3)21-10-15;1-3-4-7-26-18-21-15(19)13-8-14(24)17(25)23(16(13)22-18)10-12-6-5-11(2)20-9-12;;/h6-8,10-11H,2,4-5,9,12-22H2,1,3H3,(H2,30,31,32);18-19H,2-16H2,1H3,(H2,24,25,26);5-6,9,16H,1,3-4,7-8,10-12H2,2H3,(H2,21,23,24);6-7,10H,2,4-5,8-9,11-12H2,1,3H3,(H2,20,22,23);5-6,9H,3-4,7-8,10H2,1-2H3,(H2,19,21,22);2*1H4. The van der Waals surface area contributed by atoms with E-state index in [-0.39, 0.29) is 51.7 Å². The van der Waals surface area contributed by atoms with Gasteiger partial charge in [0.25, 0.3) is 5.91 Å². The summed E-state index contributed by atoms with van der Waals surface area (Å²) in [4.78, 5) is 115. The molecule has 4 fully saturated rings. The zero-order valence-corrected chi connectivity index (χ0v) is 86.6. The second kappa shape index (κ2) is 55.5. The predicted molar refractivity (Wildman–Crippen MR) is 583 cm³/mol. The minimum absolute atomic E-state index is 0. The molecule has 9 aromatic rings. The van der Waals surface area contributed by atoms with E-state index in [1.54, 1.807) is 6.20 Å². The molecule has 8 aromatic heterocycles. The van der Waals surface area contributed by atoms with E-state index in [1.165, 1.54) is 62.2 Å². The Bertz CT molecular complexity index is 5840. The number of rotatable bonds is 38. The van der Waals surface area contributed by atoms with Crippen molar-refractivity contribution in [3.05, 3.63) is 201 Å². The number of piperidine rings is 1. The Morgan fingerprint density at radius 1 is 0.435 bits per heavy atom. The van der Waals surface area contributed by atoms with Crippen LogP contribution in [0, 0.1) is 32.6 Å². The number of unbranched alkanes of at least 4 members (excludes halogenated alkanes) is 4. The number of fused-ring (bicyclic) bond motifs is 5. The van der Waals surface area contributed by atoms with Gasteiger partial charge >= 0.3 is 30.1 Å². The normalized spacial score (nSPS) is 16.6. The van der Waals surface area contributed by atoms with Crippen molar-refractivity contribution in [2.24, 2.45) is 11.8 Å². The maximum absolute atomic E-state index is 13.4. The Morgan fingerprint density at radius 2 is 0.837 bits per heavy atom. The number of likely N-dealkylation sites (tertiary alicyclic amines) is 1. The van der Waals surface area contributed by atoms with E-state index in [9.17, 15) is 14.4 Å². The van der Waals surface area contributed by atoms with E-state index in [0.717, 1.165) is 256 Å². The molecule has 36 heteroatoms. The molecule has 36 nitrogen and oxygen atoms in total. The number of likely N-dealkylation sites (N-methyl/N-ethyl adjacent to an activating group) is 1. The van der Waals surface area contributed by atoms with Gasteiger partial charge in [0, 0.05) is 200 Å². The molecule has 1 aromatic carbocycles. The Hall–Kier alpha value is -13.3. The molecule has 1 unspecified atom stereocenters. The Balaban J connectivity index is 0.000000164. The summed E-state index contributed by atoms with van der Waals surface area (Å²) in [6.07, 6.45) is 25.9. The van der Waals surface area contributed by atoms with Crippen LogP contribution in [0.25, 0.3) is 0 Å². The third-order valence-electron chi connectivity index (χ3n) is 27.1. The van der Waals surface area contributed by atoms with E-state index in [0.29, 0.717) is 150 Å². The van der Waals surface area contributed by atoms with Crippen LogP contribution in [0.3, 0.4) is 0 Å². The highest BCUT2D eigenvalue weighted by Gasteiger charge is 2.38. The first-order valence-corrected chi connectivity index (χ1v) is 52.0. The van der Waals surface area contributed by atoms with E-state index in [4.69, 9.17) is 67.1 Å². The minimum atomic E-state index is -0.615. The monoisotopic (exact) mass is 2010 g/mol. The molecule has 0 radical (unpaired) electrons. The van der Waals surface area contributed by atoms with Gasteiger partial charge in [-0.1, -0.05) is 165 Å².